The number of aryl methyl sites for hydroxylation is 1. The number of ketones is 1. The van der Waals surface area contributed by atoms with E-state index in [4.69, 9.17) is 16.3 Å². The largest absolute Gasteiger partial charge is 0.508 e. The molecule has 2 aliphatic heterocycles. The summed E-state index contributed by atoms with van der Waals surface area (Å²) < 4.78 is 5.71. The molecule has 2 bridgehead atoms. The van der Waals surface area contributed by atoms with Crippen LogP contribution in [0.4, 0.5) is 0 Å². The van der Waals surface area contributed by atoms with Gasteiger partial charge < -0.3 is 9.84 Å². The van der Waals surface area contributed by atoms with Crippen LogP contribution in [0.3, 0.4) is 0 Å². The van der Waals surface area contributed by atoms with Gasteiger partial charge in [-0.3, -0.25) is 4.79 Å². The molecule has 0 saturated carbocycles. The standard InChI is InChI=1S/C23H23ClO3/c1-4-14-5-6-15(22(2)10-7-16(24)8-11-22)13-17(14)19-20(25)18-9-12-23(3,27-18)21(19)26/h5-10,12-13,18,26H,4,11H2,1-3H3/t18-,22?,23+/m0/s1. The summed E-state index contributed by atoms with van der Waals surface area (Å²) in [4.78, 5) is 13.0. The summed E-state index contributed by atoms with van der Waals surface area (Å²) >= 11 is 6.09. The molecule has 0 aromatic heterocycles. The van der Waals surface area contributed by atoms with Gasteiger partial charge in [0.25, 0.3) is 0 Å². The number of aliphatic hydroxyl groups excluding tert-OH is 1. The minimum Gasteiger partial charge on any atom is -0.508 e. The summed E-state index contributed by atoms with van der Waals surface area (Å²) in [5.41, 5.74) is 2.18. The van der Waals surface area contributed by atoms with Crippen molar-refractivity contribution < 1.29 is 14.6 Å². The smallest absolute Gasteiger partial charge is 0.199 e. The van der Waals surface area contributed by atoms with Crippen LogP contribution in [0.1, 0.15) is 43.9 Å². The molecule has 3 atom stereocenters. The highest BCUT2D eigenvalue weighted by molar-refractivity contribution is 6.31. The molecule has 0 saturated heterocycles. The SMILES string of the molecule is CCc1ccc(C2(C)C=CC(Cl)=CC2)cc1C1=C(O)[C@@]2(C)C=C[C@H](O2)C1=O. The molecule has 0 spiro atoms. The molecule has 3 nitrogen and oxygen atoms in total. The molecular weight excluding hydrogens is 360 g/mol. The first-order valence-corrected chi connectivity index (χ1v) is 9.69. The van der Waals surface area contributed by atoms with Crippen molar-refractivity contribution in [3.05, 3.63) is 76.1 Å². The third-order valence-corrected chi connectivity index (χ3v) is 6.20. The molecule has 1 aromatic carbocycles. The molecule has 140 valence electrons. The second kappa shape index (κ2) is 6.22. The van der Waals surface area contributed by atoms with E-state index < -0.39 is 11.7 Å². The predicted molar refractivity (Wildman–Crippen MR) is 108 cm³/mol. The van der Waals surface area contributed by atoms with E-state index in [9.17, 15) is 9.90 Å². The van der Waals surface area contributed by atoms with Crippen LogP contribution in [0, 0.1) is 0 Å². The maximum absolute atomic E-state index is 13.0. The molecule has 0 radical (unpaired) electrons. The van der Waals surface area contributed by atoms with Gasteiger partial charge in [0.05, 0.1) is 5.57 Å². The van der Waals surface area contributed by atoms with Gasteiger partial charge in [-0.15, -0.1) is 0 Å². The number of hydrogen-bond donors (Lipinski definition) is 1. The number of fused-ring (bicyclic) bond motifs is 2. The van der Waals surface area contributed by atoms with E-state index in [1.807, 2.05) is 18.2 Å². The Hall–Kier alpha value is -2.10. The maximum Gasteiger partial charge on any atom is 0.199 e. The fourth-order valence-corrected chi connectivity index (χ4v) is 4.19. The zero-order valence-corrected chi connectivity index (χ0v) is 16.5. The fourth-order valence-electron chi connectivity index (χ4n) is 4.05. The Kier molecular flexibility index (Phi) is 4.21. The van der Waals surface area contributed by atoms with E-state index >= 15 is 0 Å². The number of aliphatic hydroxyl groups is 1. The molecule has 3 aliphatic rings. The van der Waals surface area contributed by atoms with Crippen molar-refractivity contribution in [3.8, 4) is 0 Å². The number of benzene rings is 1. The van der Waals surface area contributed by atoms with Gasteiger partial charge in [0.15, 0.2) is 5.78 Å². The van der Waals surface area contributed by atoms with Crippen LogP contribution < -0.4 is 0 Å². The van der Waals surface area contributed by atoms with E-state index in [0.717, 1.165) is 34.6 Å². The summed E-state index contributed by atoms with van der Waals surface area (Å²) in [6.07, 6.45) is 10.5. The number of carbonyl (C=O) groups is 1. The number of ether oxygens (including phenoxy) is 1. The van der Waals surface area contributed by atoms with Crippen LogP contribution in [0.25, 0.3) is 5.57 Å². The maximum atomic E-state index is 13.0. The highest BCUT2D eigenvalue weighted by Crippen LogP contribution is 2.43. The van der Waals surface area contributed by atoms with Crippen molar-refractivity contribution in [1.29, 1.82) is 0 Å². The van der Waals surface area contributed by atoms with E-state index in [1.165, 1.54) is 0 Å². The summed E-state index contributed by atoms with van der Waals surface area (Å²) in [6.45, 7) is 6.00. The topological polar surface area (TPSA) is 46.5 Å². The summed E-state index contributed by atoms with van der Waals surface area (Å²) in [5.74, 6) is -0.186. The van der Waals surface area contributed by atoms with Crippen LogP contribution in [0.2, 0.25) is 0 Å². The van der Waals surface area contributed by atoms with Crippen molar-refractivity contribution in [3.63, 3.8) is 0 Å². The zero-order chi connectivity index (χ0) is 19.4. The molecule has 2 heterocycles. The normalized spacial score (nSPS) is 32.2. The molecule has 4 heteroatoms. The Bertz CT molecular complexity index is 952. The Morgan fingerprint density at radius 2 is 2.07 bits per heavy atom. The summed E-state index contributed by atoms with van der Waals surface area (Å²) in [6, 6.07) is 6.22. The van der Waals surface area contributed by atoms with E-state index in [-0.39, 0.29) is 17.0 Å². The monoisotopic (exact) mass is 382 g/mol. The molecule has 4 rings (SSSR count). The summed E-state index contributed by atoms with van der Waals surface area (Å²) in [5, 5.41) is 11.6. The van der Waals surface area contributed by atoms with Gasteiger partial charge in [-0.25, -0.2) is 0 Å². The molecule has 1 aliphatic carbocycles. The zero-order valence-electron chi connectivity index (χ0n) is 15.8. The van der Waals surface area contributed by atoms with Crippen LogP contribution in [-0.4, -0.2) is 22.6 Å². The number of halogens is 1. The minimum absolute atomic E-state index is 0.00312. The van der Waals surface area contributed by atoms with Crippen LogP contribution in [-0.2, 0) is 21.4 Å². The number of hydrogen-bond acceptors (Lipinski definition) is 3. The van der Waals surface area contributed by atoms with Crippen molar-refractivity contribution in [2.45, 2.75) is 50.7 Å². The Balaban J connectivity index is 1.86. The van der Waals surface area contributed by atoms with E-state index in [2.05, 4.69) is 32.1 Å². The molecule has 0 amide bonds. The van der Waals surface area contributed by atoms with Crippen molar-refractivity contribution in [1.82, 2.24) is 0 Å². The Morgan fingerprint density at radius 3 is 2.74 bits per heavy atom. The van der Waals surface area contributed by atoms with Crippen molar-refractivity contribution in [2.24, 2.45) is 0 Å². The number of carbonyl (C=O) groups excluding carboxylic acids is 1. The van der Waals surface area contributed by atoms with Crippen LogP contribution >= 0.6 is 11.6 Å². The third-order valence-electron chi connectivity index (χ3n) is 5.92. The highest BCUT2D eigenvalue weighted by Gasteiger charge is 2.47. The lowest BCUT2D eigenvalue weighted by molar-refractivity contribution is -0.128. The molecular formula is C23H23ClO3. The van der Waals surface area contributed by atoms with Gasteiger partial charge in [-0.05, 0) is 60.8 Å². The quantitative estimate of drug-likeness (QED) is 0.735. The fraction of sp³-hybridized carbons (Fsp3) is 0.348. The van der Waals surface area contributed by atoms with Crippen molar-refractivity contribution >= 4 is 23.0 Å². The van der Waals surface area contributed by atoms with Crippen LogP contribution in [0.15, 0.2) is 59.4 Å². The Morgan fingerprint density at radius 1 is 1.30 bits per heavy atom. The first-order chi connectivity index (χ1) is 12.8. The second-order valence-electron chi connectivity index (χ2n) is 7.86. The molecule has 27 heavy (non-hydrogen) atoms. The van der Waals surface area contributed by atoms with Crippen molar-refractivity contribution in [2.75, 3.05) is 0 Å². The molecule has 1 unspecified atom stereocenters. The number of allylic oxidation sites excluding steroid dienone is 4. The lowest BCUT2D eigenvalue weighted by Crippen LogP contribution is -2.38. The van der Waals surface area contributed by atoms with Gasteiger partial charge in [0.2, 0.25) is 0 Å². The number of Topliss-reactive ketones (excluding diaryl/α,β-unsaturated/α-hetero) is 1. The second-order valence-corrected chi connectivity index (χ2v) is 8.30. The number of rotatable bonds is 3. The molecule has 1 aromatic rings. The van der Waals surface area contributed by atoms with Gasteiger partial charge in [-0.2, -0.15) is 0 Å². The van der Waals surface area contributed by atoms with Gasteiger partial charge in [0.1, 0.15) is 17.5 Å². The van der Waals surface area contributed by atoms with Crippen LogP contribution in [0.5, 0.6) is 0 Å². The van der Waals surface area contributed by atoms with Gasteiger partial charge >= 0.3 is 0 Å². The van der Waals surface area contributed by atoms with Gasteiger partial charge in [-0.1, -0.05) is 49.7 Å². The lowest BCUT2D eigenvalue weighted by atomic mass is 9.75. The van der Waals surface area contributed by atoms with Gasteiger partial charge in [0, 0.05) is 10.4 Å². The summed E-state index contributed by atoms with van der Waals surface area (Å²) in [7, 11) is 0. The first kappa shape index (κ1) is 18.3. The average molecular weight is 383 g/mol. The first-order valence-electron chi connectivity index (χ1n) is 9.31. The predicted octanol–water partition coefficient (Wildman–Crippen LogP) is 5.15. The van der Waals surface area contributed by atoms with E-state index in [0.29, 0.717) is 5.57 Å². The average Bonchev–Trinajstić information content (AvgIpc) is 3.04. The highest BCUT2D eigenvalue weighted by atomic mass is 35.5. The Labute approximate surface area is 164 Å². The third kappa shape index (κ3) is 2.81. The van der Waals surface area contributed by atoms with E-state index in [1.54, 1.807) is 19.1 Å². The lowest BCUT2D eigenvalue weighted by Gasteiger charge is -2.32. The molecule has 1 N–H and O–H groups in total. The molecule has 0 fully saturated rings. The minimum atomic E-state index is -0.931.